The number of nitrogens with zero attached hydrogens (tertiary/aromatic N) is 1. The summed E-state index contributed by atoms with van der Waals surface area (Å²) in [5.41, 5.74) is 2.62. The van der Waals surface area contributed by atoms with Crippen molar-refractivity contribution in [1.29, 1.82) is 0 Å². The molecule has 138 valence electrons. The van der Waals surface area contributed by atoms with Crippen molar-refractivity contribution in [2.45, 2.75) is 42.4 Å². The average Bonchev–Trinajstić information content (AvgIpc) is 2.64. The summed E-state index contributed by atoms with van der Waals surface area (Å²) in [7, 11) is 0. The standard InChI is InChI=1S/C21H24FNO2S/c1-14(2)21(23-24)16-3-5-19(6-4-16)26-20-12-17(11-18(22)13-20)15-7-9-25-10-8-15/h3-6,11-15,24H,7-10H2,1-2H3/b23-21+. The van der Waals surface area contributed by atoms with E-state index in [4.69, 9.17) is 4.74 Å². The van der Waals surface area contributed by atoms with E-state index < -0.39 is 0 Å². The summed E-state index contributed by atoms with van der Waals surface area (Å²) in [4.78, 5) is 1.93. The van der Waals surface area contributed by atoms with Gasteiger partial charge < -0.3 is 9.94 Å². The van der Waals surface area contributed by atoms with Crippen molar-refractivity contribution < 1.29 is 14.3 Å². The lowest BCUT2D eigenvalue weighted by atomic mass is 9.92. The van der Waals surface area contributed by atoms with Gasteiger partial charge in [-0.1, -0.05) is 42.9 Å². The summed E-state index contributed by atoms with van der Waals surface area (Å²) in [6.07, 6.45) is 1.89. The lowest BCUT2D eigenvalue weighted by Crippen LogP contribution is -2.14. The number of hydrogen-bond acceptors (Lipinski definition) is 4. The van der Waals surface area contributed by atoms with Crippen molar-refractivity contribution in [3.63, 3.8) is 0 Å². The third kappa shape index (κ3) is 4.65. The Morgan fingerprint density at radius 3 is 2.42 bits per heavy atom. The van der Waals surface area contributed by atoms with Crippen LogP contribution in [0.4, 0.5) is 4.39 Å². The molecule has 3 rings (SSSR count). The summed E-state index contributed by atoms with van der Waals surface area (Å²) in [6.45, 7) is 5.47. The molecule has 0 spiro atoms. The Balaban J connectivity index is 1.77. The zero-order valence-corrected chi connectivity index (χ0v) is 15.9. The molecule has 0 radical (unpaired) electrons. The third-order valence-corrected chi connectivity index (χ3v) is 5.61. The van der Waals surface area contributed by atoms with Crippen molar-refractivity contribution in [1.82, 2.24) is 0 Å². The predicted molar refractivity (Wildman–Crippen MR) is 103 cm³/mol. The maximum atomic E-state index is 14.1. The third-order valence-electron chi connectivity index (χ3n) is 4.63. The van der Waals surface area contributed by atoms with Crippen LogP contribution in [0, 0.1) is 11.7 Å². The molecular formula is C21H24FNO2S. The Kier molecular flexibility index (Phi) is 6.33. The van der Waals surface area contributed by atoms with Gasteiger partial charge in [-0.2, -0.15) is 0 Å². The zero-order valence-electron chi connectivity index (χ0n) is 15.1. The summed E-state index contributed by atoms with van der Waals surface area (Å²) in [5.74, 6) is 0.321. The molecule has 5 heteroatoms. The highest BCUT2D eigenvalue weighted by Crippen LogP contribution is 2.34. The van der Waals surface area contributed by atoms with Crippen LogP contribution in [0.3, 0.4) is 0 Å². The molecule has 1 heterocycles. The summed E-state index contributed by atoms with van der Waals surface area (Å²) in [5, 5.41) is 12.6. The molecule has 0 bridgehead atoms. The van der Waals surface area contributed by atoms with Crippen LogP contribution in [0.1, 0.15) is 43.7 Å². The normalized spacial score (nSPS) is 16.2. The Hall–Kier alpha value is -1.85. The van der Waals surface area contributed by atoms with Crippen LogP contribution >= 0.6 is 11.8 Å². The van der Waals surface area contributed by atoms with E-state index in [1.54, 1.807) is 23.9 Å². The van der Waals surface area contributed by atoms with Crippen molar-refractivity contribution in [3.05, 3.63) is 59.4 Å². The maximum absolute atomic E-state index is 14.1. The molecule has 0 amide bonds. The Morgan fingerprint density at radius 1 is 1.12 bits per heavy atom. The van der Waals surface area contributed by atoms with Gasteiger partial charge in [0.25, 0.3) is 0 Å². The first-order valence-corrected chi connectivity index (χ1v) is 9.77. The minimum Gasteiger partial charge on any atom is -0.411 e. The molecule has 2 aromatic rings. The molecule has 1 fully saturated rings. The van der Waals surface area contributed by atoms with Crippen LogP contribution in [-0.2, 0) is 4.74 Å². The first-order valence-electron chi connectivity index (χ1n) is 8.95. The highest BCUT2D eigenvalue weighted by atomic mass is 32.2. The van der Waals surface area contributed by atoms with Gasteiger partial charge >= 0.3 is 0 Å². The van der Waals surface area contributed by atoms with Crippen LogP contribution < -0.4 is 0 Å². The van der Waals surface area contributed by atoms with Crippen molar-refractivity contribution >= 4 is 17.5 Å². The van der Waals surface area contributed by atoms with Gasteiger partial charge in [-0.05, 0) is 66.1 Å². The lowest BCUT2D eigenvalue weighted by molar-refractivity contribution is 0.0852. The van der Waals surface area contributed by atoms with Gasteiger partial charge in [0.05, 0.1) is 5.71 Å². The van der Waals surface area contributed by atoms with Gasteiger partial charge in [0, 0.05) is 23.0 Å². The molecule has 1 saturated heterocycles. The summed E-state index contributed by atoms with van der Waals surface area (Å²) in [6, 6.07) is 13.2. The Bertz CT molecular complexity index is 768. The predicted octanol–water partition coefficient (Wildman–Crippen LogP) is 5.71. The molecule has 1 aliphatic heterocycles. The maximum Gasteiger partial charge on any atom is 0.124 e. The van der Waals surface area contributed by atoms with E-state index in [-0.39, 0.29) is 11.7 Å². The highest BCUT2D eigenvalue weighted by Gasteiger charge is 2.17. The van der Waals surface area contributed by atoms with E-state index in [1.165, 1.54) is 0 Å². The summed E-state index contributed by atoms with van der Waals surface area (Å²) < 4.78 is 19.5. The first kappa shape index (κ1) is 18.9. The van der Waals surface area contributed by atoms with Crippen molar-refractivity contribution in [2.24, 2.45) is 11.1 Å². The largest absolute Gasteiger partial charge is 0.411 e. The topological polar surface area (TPSA) is 41.8 Å². The van der Waals surface area contributed by atoms with E-state index in [9.17, 15) is 9.60 Å². The molecule has 0 aliphatic carbocycles. The van der Waals surface area contributed by atoms with Gasteiger partial charge in [0.1, 0.15) is 5.82 Å². The quantitative estimate of drug-likeness (QED) is 0.415. The minimum atomic E-state index is -0.192. The SMILES string of the molecule is CC(C)/C(=N\O)c1ccc(Sc2cc(F)cc(C3CCOCC3)c2)cc1. The number of hydrogen-bond donors (Lipinski definition) is 1. The van der Waals surface area contributed by atoms with Crippen LogP contribution in [0.15, 0.2) is 57.4 Å². The molecule has 0 unspecified atom stereocenters. The molecule has 2 aromatic carbocycles. The molecule has 1 aliphatic rings. The Morgan fingerprint density at radius 2 is 1.81 bits per heavy atom. The molecule has 26 heavy (non-hydrogen) atoms. The minimum absolute atomic E-state index is 0.142. The smallest absolute Gasteiger partial charge is 0.124 e. The van der Waals surface area contributed by atoms with E-state index in [1.807, 2.05) is 38.1 Å². The van der Waals surface area contributed by atoms with Gasteiger partial charge in [-0.3, -0.25) is 0 Å². The van der Waals surface area contributed by atoms with Gasteiger partial charge in [0.2, 0.25) is 0 Å². The second-order valence-corrected chi connectivity index (χ2v) is 8.02. The Labute approximate surface area is 158 Å². The molecule has 0 saturated carbocycles. The van der Waals surface area contributed by atoms with E-state index in [0.29, 0.717) is 11.6 Å². The zero-order chi connectivity index (χ0) is 18.5. The molecule has 0 aromatic heterocycles. The fraction of sp³-hybridized carbons (Fsp3) is 0.381. The number of ether oxygens (including phenoxy) is 1. The van der Waals surface area contributed by atoms with Gasteiger partial charge in [0.15, 0.2) is 0 Å². The fourth-order valence-electron chi connectivity index (χ4n) is 3.25. The second-order valence-electron chi connectivity index (χ2n) is 6.87. The first-order chi connectivity index (χ1) is 12.6. The monoisotopic (exact) mass is 373 g/mol. The van der Waals surface area contributed by atoms with Crippen LogP contribution in [0.25, 0.3) is 0 Å². The number of halogens is 1. The molecule has 1 N–H and O–H groups in total. The van der Waals surface area contributed by atoms with E-state index in [2.05, 4.69) is 11.2 Å². The number of benzene rings is 2. The average molecular weight is 373 g/mol. The molecule has 3 nitrogen and oxygen atoms in total. The molecule has 0 atom stereocenters. The van der Waals surface area contributed by atoms with Crippen LogP contribution in [-0.4, -0.2) is 24.1 Å². The lowest BCUT2D eigenvalue weighted by Gasteiger charge is -2.22. The van der Waals surface area contributed by atoms with Crippen molar-refractivity contribution in [2.75, 3.05) is 13.2 Å². The van der Waals surface area contributed by atoms with Crippen LogP contribution in [0.5, 0.6) is 0 Å². The van der Waals surface area contributed by atoms with Gasteiger partial charge in [-0.15, -0.1) is 0 Å². The number of oxime groups is 1. The summed E-state index contributed by atoms with van der Waals surface area (Å²) >= 11 is 1.54. The van der Waals surface area contributed by atoms with E-state index in [0.717, 1.165) is 47.0 Å². The fourth-order valence-corrected chi connectivity index (χ4v) is 4.16. The number of rotatable bonds is 5. The second kappa shape index (κ2) is 8.69. The van der Waals surface area contributed by atoms with Crippen molar-refractivity contribution in [3.8, 4) is 0 Å². The van der Waals surface area contributed by atoms with Crippen LogP contribution in [0.2, 0.25) is 0 Å². The molecular weight excluding hydrogens is 349 g/mol. The van der Waals surface area contributed by atoms with Gasteiger partial charge in [-0.25, -0.2) is 4.39 Å². The van der Waals surface area contributed by atoms with E-state index >= 15 is 0 Å². The highest BCUT2D eigenvalue weighted by molar-refractivity contribution is 7.99.